The van der Waals surface area contributed by atoms with Gasteiger partial charge in [-0.05, 0) is 166 Å². The van der Waals surface area contributed by atoms with E-state index in [0.29, 0.717) is 72.4 Å². The van der Waals surface area contributed by atoms with Crippen LogP contribution in [0.25, 0.3) is 0 Å². The number of aromatic amines is 4. The molecule has 600 valence electrons. The summed E-state index contributed by atoms with van der Waals surface area (Å²) in [6.07, 6.45) is 6.51. The van der Waals surface area contributed by atoms with Gasteiger partial charge in [0, 0.05) is 99.4 Å². The molecule has 20 rings (SSSR count). The molecule has 6 unspecified atom stereocenters. The summed E-state index contributed by atoms with van der Waals surface area (Å²) in [6, 6.07) is 76.9. The Morgan fingerprint density at radius 1 is 0.347 bits per heavy atom. The van der Waals surface area contributed by atoms with Crippen molar-refractivity contribution in [3.63, 3.8) is 0 Å². The first-order valence-electron chi connectivity index (χ1n) is 39.5. The first-order chi connectivity index (χ1) is 56.8. The fourth-order valence-electron chi connectivity index (χ4n) is 17.0. The Morgan fingerprint density at radius 2 is 0.576 bits per heavy atom. The lowest BCUT2D eigenvalue weighted by Gasteiger charge is -2.23. The summed E-state index contributed by atoms with van der Waals surface area (Å²) in [5.41, 5.74) is 23.6. The van der Waals surface area contributed by atoms with Gasteiger partial charge in [0.2, 0.25) is 23.6 Å². The van der Waals surface area contributed by atoms with E-state index in [0.717, 1.165) is 93.5 Å². The second kappa shape index (κ2) is 34.6. The van der Waals surface area contributed by atoms with Crippen LogP contribution in [0.15, 0.2) is 243 Å². The number of carboxylic acid groups (broad SMARTS) is 1. The minimum absolute atomic E-state index is 0. The molecule has 4 aliphatic heterocycles. The number of nitrogens with two attached hydrogens (primary N) is 1. The lowest BCUT2D eigenvalue weighted by atomic mass is 10.1. The van der Waals surface area contributed by atoms with E-state index in [1.54, 1.807) is 65.0 Å². The van der Waals surface area contributed by atoms with E-state index in [9.17, 15) is 38.4 Å². The molecule has 0 bridgehead atoms. The minimum Gasteiger partial charge on any atom is -0.476 e. The third kappa shape index (κ3) is 17.4. The number of amides is 7. The van der Waals surface area contributed by atoms with Crippen LogP contribution in [0.1, 0.15) is 159 Å². The predicted molar refractivity (Wildman–Crippen MR) is 450 cm³/mol. The SMILES string of the molecule is CN1C(=O)C(N)C2CC2c2ccccc21.CN1C(=O)C(NC(=O)c2cc(Cc3ccccc3)[nH]n2)C2CC2c2ccccc21.CN1C(=O)[C@@H](NC(=O)c2cc(Cc3ccccc3)[nH]n2)[C@H]2C[C@H]2c2ccccc21.CN1C(=O)[C@H](NC(=O)c2cc(Cc3ccccc3)[nH]n2)[C@@H]2C[C@@H]2c2ccccc21.Cl.O=C(O)c1cc(Cc2ccccc2)[nH]n1. The summed E-state index contributed by atoms with van der Waals surface area (Å²) < 4.78 is 0. The molecule has 7 amide bonds. The molecule has 4 fully saturated rings. The van der Waals surface area contributed by atoms with Gasteiger partial charge in [0.1, 0.15) is 35.2 Å². The largest absolute Gasteiger partial charge is 0.476 e. The summed E-state index contributed by atoms with van der Waals surface area (Å²) in [6.45, 7) is 0. The van der Waals surface area contributed by atoms with Gasteiger partial charge in [-0.3, -0.25) is 54.0 Å². The molecule has 8 heterocycles. The van der Waals surface area contributed by atoms with Crippen molar-refractivity contribution >= 4 is 82.5 Å². The first-order valence-corrected chi connectivity index (χ1v) is 39.5. The zero-order chi connectivity index (χ0) is 81.1. The predicted octanol–water partition coefficient (Wildman–Crippen LogP) is 11.9. The molecule has 25 nitrogen and oxygen atoms in total. The number of aromatic carboxylic acids is 1. The Labute approximate surface area is 688 Å². The quantitative estimate of drug-likeness (QED) is 0.0461. The van der Waals surface area contributed by atoms with Crippen LogP contribution in [0.3, 0.4) is 0 Å². The molecular formula is C92H91ClN16O9. The van der Waals surface area contributed by atoms with E-state index in [2.05, 4.69) is 81.0 Å². The van der Waals surface area contributed by atoms with Crippen LogP contribution >= 0.6 is 12.4 Å². The number of H-pyrrole nitrogens is 4. The number of nitrogens with one attached hydrogen (secondary N) is 7. The standard InChI is InChI=1S/3C23H22N4O2.C12H14N2O.C11H10N2O2.ClH/c3*1-27-20-10-6-5-9-16(20)17-13-18(17)21(23(27)29)24-22(28)19-12-15(25-26-19)11-14-7-3-2-4-8-14;1-14-10-5-3-2-4-7(10)8-6-9(8)11(13)12(14)15;14-11(15)10-7-9(12-13-10)6-8-4-2-1-3-5-8;/h3*2-10,12,17-18,21H,11,13H2,1H3,(H,24,28)(H,25,26);2-5,8-9,11H,6,13H2,1H3;1-5,7H,6H2,(H,12,13)(H,14,15);1H/t2*17-,18-,21-;;;;/m10..../s1. The smallest absolute Gasteiger partial charge is 0.356 e. The van der Waals surface area contributed by atoms with E-state index in [4.69, 9.17) is 10.8 Å². The molecular weight excluding hydrogens is 1510 g/mol. The van der Waals surface area contributed by atoms with Crippen LogP contribution in [-0.4, -0.2) is 146 Å². The number of likely N-dealkylation sites (N-methyl/N-ethyl adjacent to an activating group) is 4. The molecule has 4 saturated carbocycles. The topological polar surface area (TPSA) is 347 Å². The number of nitrogens with zero attached hydrogens (tertiary/aromatic N) is 8. The Hall–Kier alpha value is -13.4. The van der Waals surface area contributed by atoms with Crippen LogP contribution in [0.5, 0.6) is 0 Å². The zero-order valence-corrected chi connectivity index (χ0v) is 66.3. The summed E-state index contributed by atoms with van der Waals surface area (Å²) in [7, 11) is 7.14. The fourth-order valence-corrected chi connectivity index (χ4v) is 17.0. The average molecular weight is 1600 g/mol. The molecule has 8 aromatic carbocycles. The van der Waals surface area contributed by atoms with Crippen LogP contribution in [-0.2, 0) is 44.9 Å². The van der Waals surface area contributed by atoms with Gasteiger partial charge in [0.15, 0.2) is 5.69 Å². The van der Waals surface area contributed by atoms with Crippen molar-refractivity contribution in [2.75, 3.05) is 47.8 Å². The van der Waals surface area contributed by atoms with Crippen molar-refractivity contribution in [1.29, 1.82) is 0 Å². The molecule has 0 saturated heterocycles. The van der Waals surface area contributed by atoms with Crippen molar-refractivity contribution in [2.24, 2.45) is 29.4 Å². The monoisotopic (exact) mass is 1600 g/mol. The summed E-state index contributed by atoms with van der Waals surface area (Å²) in [5, 5.41) is 45.2. The number of hydrogen-bond donors (Lipinski definition) is 9. The number of anilines is 4. The summed E-state index contributed by atoms with van der Waals surface area (Å²) in [5.74, 6) is 0.113. The lowest BCUT2D eigenvalue weighted by Crippen LogP contribution is -2.48. The minimum atomic E-state index is -1.01. The summed E-state index contributed by atoms with van der Waals surface area (Å²) >= 11 is 0. The molecule has 4 aliphatic carbocycles. The number of fused-ring (bicyclic) bond motifs is 12. The van der Waals surface area contributed by atoms with E-state index >= 15 is 0 Å². The highest BCUT2D eigenvalue weighted by molar-refractivity contribution is 6.06. The average Bonchev–Trinajstić information content (AvgIpc) is 1.61. The lowest BCUT2D eigenvalue weighted by molar-refractivity contribution is -0.121. The third-order valence-corrected chi connectivity index (χ3v) is 23.6. The number of halogens is 1. The van der Waals surface area contributed by atoms with Crippen molar-refractivity contribution in [2.45, 2.75) is 99.2 Å². The number of aromatic nitrogens is 8. The number of para-hydroxylation sites is 4. The van der Waals surface area contributed by atoms with Gasteiger partial charge >= 0.3 is 5.97 Å². The first kappa shape index (κ1) is 79.8. The Balaban J connectivity index is 0.000000118. The molecule has 8 aliphatic rings. The van der Waals surface area contributed by atoms with Crippen LogP contribution in [0.4, 0.5) is 22.7 Å². The van der Waals surface area contributed by atoms with Crippen LogP contribution in [0, 0.1) is 23.7 Å². The third-order valence-electron chi connectivity index (χ3n) is 23.6. The maximum atomic E-state index is 13.0. The number of carbonyl (C=O) groups excluding carboxylic acids is 7. The van der Waals surface area contributed by atoms with Crippen molar-refractivity contribution in [3.8, 4) is 0 Å². The van der Waals surface area contributed by atoms with Gasteiger partial charge in [0.05, 0.1) is 6.04 Å². The number of carboxylic acids is 1. The Kier molecular flexibility index (Phi) is 23.4. The summed E-state index contributed by atoms with van der Waals surface area (Å²) in [4.78, 5) is 107. The van der Waals surface area contributed by atoms with Gasteiger partial charge in [-0.2, -0.15) is 20.4 Å². The van der Waals surface area contributed by atoms with Gasteiger partial charge in [0.25, 0.3) is 17.7 Å². The normalized spacial score (nSPS) is 22.0. The van der Waals surface area contributed by atoms with Gasteiger partial charge < -0.3 is 46.4 Å². The van der Waals surface area contributed by atoms with Crippen molar-refractivity contribution < 1.29 is 43.5 Å². The molecule has 0 radical (unpaired) electrons. The van der Waals surface area contributed by atoms with Crippen LogP contribution in [0.2, 0.25) is 0 Å². The second-order valence-corrected chi connectivity index (χ2v) is 31.3. The van der Waals surface area contributed by atoms with E-state index in [-0.39, 0.29) is 83.2 Å². The number of carbonyl (C=O) groups is 8. The van der Waals surface area contributed by atoms with Crippen LogP contribution < -0.4 is 41.3 Å². The van der Waals surface area contributed by atoms with E-state index in [1.165, 1.54) is 22.3 Å². The highest BCUT2D eigenvalue weighted by Gasteiger charge is 2.55. The molecule has 0 spiro atoms. The molecule has 118 heavy (non-hydrogen) atoms. The Bertz CT molecular complexity index is 5270. The number of rotatable bonds is 15. The number of benzene rings is 8. The highest BCUT2D eigenvalue weighted by atomic mass is 35.5. The second-order valence-electron chi connectivity index (χ2n) is 31.3. The van der Waals surface area contributed by atoms with E-state index < -0.39 is 24.1 Å². The van der Waals surface area contributed by atoms with Crippen molar-refractivity contribution in [3.05, 3.63) is 333 Å². The van der Waals surface area contributed by atoms with E-state index in [1.807, 2.05) is 201 Å². The Morgan fingerprint density at radius 3 is 0.847 bits per heavy atom. The molecule has 4 aromatic heterocycles. The molecule has 12 aromatic rings. The fraction of sp³-hybridized carbons (Fsp3) is 0.261. The molecule has 26 heteroatoms. The van der Waals surface area contributed by atoms with Gasteiger partial charge in [-0.25, -0.2) is 4.79 Å². The number of hydrogen-bond acceptors (Lipinski definition) is 13. The maximum Gasteiger partial charge on any atom is 0.356 e. The maximum absolute atomic E-state index is 13.0. The zero-order valence-electron chi connectivity index (χ0n) is 65.5. The molecule has 10 N–H and O–H groups in total. The van der Waals surface area contributed by atoms with Crippen molar-refractivity contribution in [1.82, 2.24) is 56.7 Å². The van der Waals surface area contributed by atoms with Gasteiger partial charge in [-0.15, -0.1) is 12.4 Å². The molecule has 12 atom stereocenters. The highest BCUT2D eigenvalue weighted by Crippen LogP contribution is 2.57. The van der Waals surface area contributed by atoms with Gasteiger partial charge in [-0.1, -0.05) is 194 Å².